The molecule has 18 heavy (non-hydrogen) atoms. The first-order valence-electron chi connectivity index (χ1n) is 5.70. The van der Waals surface area contributed by atoms with E-state index in [1.165, 1.54) is 0 Å². The zero-order chi connectivity index (χ0) is 13.0. The van der Waals surface area contributed by atoms with Crippen LogP contribution in [0.1, 0.15) is 24.5 Å². The number of aryl methyl sites for hydroxylation is 1. The van der Waals surface area contributed by atoms with Crippen LogP contribution in [0.2, 0.25) is 0 Å². The van der Waals surface area contributed by atoms with Gasteiger partial charge in [-0.2, -0.15) is 5.10 Å². The Morgan fingerprint density at radius 2 is 2.39 bits per heavy atom. The Hall–Kier alpha value is -2.18. The average molecular weight is 250 g/mol. The molecule has 0 saturated carbocycles. The molecular weight excluding hydrogens is 236 g/mol. The fourth-order valence-corrected chi connectivity index (χ4v) is 1.54. The van der Waals surface area contributed by atoms with Gasteiger partial charge in [-0.3, -0.25) is 9.59 Å². The lowest BCUT2D eigenvalue weighted by molar-refractivity contribution is -0.121. The van der Waals surface area contributed by atoms with Crippen LogP contribution in [-0.2, 0) is 16.0 Å². The average Bonchev–Trinajstić information content (AvgIpc) is 2.76. The van der Waals surface area contributed by atoms with Gasteiger partial charge in [0, 0.05) is 25.8 Å². The number of carbonyl (C=O) groups excluding carboxylic acids is 2. The van der Waals surface area contributed by atoms with Crippen LogP contribution in [0.4, 0.5) is 0 Å². The summed E-state index contributed by atoms with van der Waals surface area (Å²) >= 11 is 0. The number of nitrogens with one attached hydrogen (secondary N) is 2. The summed E-state index contributed by atoms with van der Waals surface area (Å²) in [6.45, 7) is 2.24. The SMILES string of the molecule is Cc1cnc(CCNC(=O)C2=NNC(=O)CC2)o1. The summed E-state index contributed by atoms with van der Waals surface area (Å²) in [6.07, 6.45) is 2.83. The summed E-state index contributed by atoms with van der Waals surface area (Å²) in [7, 11) is 0. The molecule has 2 amide bonds. The molecule has 0 unspecified atom stereocenters. The summed E-state index contributed by atoms with van der Waals surface area (Å²) < 4.78 is 5.28. The van der Waals surface area contributed by atoms with Crippen LogP contribution in [0.5, 0.6) is 0 Å². The molecule has 0 aliphatic carbocycles. The summed E-state index contributed by atoms with van der Waals surface area (Å²) in [6, 6.07) is 0. The number of carbonyl (C=O) groups is 2. The van der Waals surface area contributed by atoms with E-state index in [0.29, 0.717) is 37.4 Å². The summed E-state index contributed by atoms with van der Waals surface area (Å²) in [4.78, 5) is 26.5. The Morgan fingerprint density at radius 1 is 1.56 bits per heavy atom. The van der Waals surface area contributed by atoms with Crippen LogP contribution in [0.25, 0.3) is 0 Å². The molecule has 1 aliphatic heterocycles. The highest BCUT2D eigenvalue weighted by atomic mass is 16.4. The molecule has 96 valence electrons. The fraction of sp³-hybridized carbons (Fsp3) is 0.455. The number of hydrogen-bond donors (Lipinski definition) is 2. The minimum atomic E-state index is -0.265. The van der Waals surface area contributed by atoms with E-state index in [4.69, 9.17) is 4.42 Å². The molecule has 0 spiro atoms. The number of nitrogens with zero attached hydrogens (tertiary/aromatic N) is 2. The van der Waals surface area contributed by atoms with E-state index in [0.717, 1.165) is 5.76 Å². The van der Waals surface area contributed by atoms with Crippen LogP contribution in [-0.4, -0.2) is 29.1 Å². The monoisotopic (exact) mass is 250 g/mol. The van der Waals surface area contributed by atoms with Crippen molar-refractivity contribution >= 4 is 17.5 Å². The van der Waals surface area contributed by atoms with Crippen LogP contribution >= 0.6 is 0 Å². The lowest BCUT2D eigenvalue weighted by atomic mass is 10.1. The molecule has 0 atom stereocenters. The standard InChI is InChI=1S/C11H14N4O3/c1-7-6-13-10(18-7)4-5-12-11(17)8-2-3-9(16)15-14-8/h6H,2-5H2,1H3,(H,12,17)(H,15,16). The van der Waals surface area contributed by atoms with Crippen molar-refractivity contribution in [1.29, 1.82) is 0 Å². The van der Waals surface area contributed by atoms with E-state index in [1.807, 2.05) is 6.92 Å². The van der Waals surface area contributed by atoms with Gasteiger partial charge in [0.25, 0.3) is 5.91 Å². The molecule has 0 radical (unpaired) electrons. The van der Waals surface area contributed by atoms with Crippen molar-refractivity contribution in [1.82, 2.24) is 15.7 Å². The molecule has 2 heterocycles. The Bertz CT molecular complexity index is 492. The lowest BCUT2D eigenvalue weighted by Crippen LogP contribution is -2.37. The maximum Gasteiger partial charge on any atom is 0.267 e. The maximum atomic E-state index is 11.7. The molecule has 7 nitrogen and oxygen atoms in total. The number of amides is 2. The summed E-state index contributed by atoms with van der Waals surface area (Å²) in [5, 5.41) is 6.41. The predicted molar refractivity (Wildman–Crippen MR) is 62.8 cm³/mol. The van der Waals surface area contributed by atoms with E-state index in [9.17, 15) is 9.59 Å². The first-order chi connectivity index (χ1) is 8.65. The highest BCUT2D eigenvalue weighted by Gasteiger charge is 2.17. The number of hydrogen-bond acceptors (Lipinski definition) is 5. The van der Waals surface area contributed by atoms with Gasteiger partial charge in [0.05, 0.1) is 6.20 Å². The number of aromatic nitrogens is 1. The molecular formula is C11H14N4O3. The predicted octanol–water partition coefficient (Wildman–Crippen LogP) is -0.0923. The molecule has 0 aromatic carbocycles. The maximum absolute atomic E-state index is 11.7. The van der Waals surface area contributed by atoms with Crippen LogP contribution in [0.3, 0.4) is 0 Å². The van der Waals surface area contributed by atoms with Gasteiger partial charge in [-0.15, -0.1) is 0 Å². The first-order valence-corrected chi connectivity index (χ1v) is 5.70. The van der Waals surface area contributed by atoms with E-state index in [1.54, 1.807) is 6.20 Å². The van der Waals surface area contributed by atoms with Crippen LogP contribution < -0.4 is 10.7 Å². The third-order valence-corrected chi connectivity index (χ3v) is 2.46. The third kappa shape index (κ3) is 3.16. The van der Waals surface area contributed by atoms with E-state index >= 15 is 0 Å². The Labute approximate surface area is 104 Å². The van der Waals surface area contributed by atoms with Crippen molar-refractivity contribution in [2.45, 2.75) is 26.2 Å². The van der Waals surface area contributed by atoms with Crippen LogP contribution in [0, 0.1) is 6.92 Å². The topological polar surface area (TPSA) is 96.6 Å². The van der Waals surface area contributed by atoms with Gasteiger partial charge < -0.3 is 9.73 Å². The number of rotatable bonds is 4. The summed E-state index contributed by atoms with van der Waals surface area (Å²) in [5.41, 5.74) is 2.63. The molecule has 0 fully saturated rings. The quantitative estimate of drug-likeness (QED) is 0.780. The van der Waals surface area contributed by atoms with Gasteiger partial charge in [-0.05, 0) is 6.92 Å². The van der Waals surface area contributed by atoms with E-state index < -0.39 is 0 Å². The third-order valence-electron chi connectivity index (χ3n) is 2.46. The minimum Gasteiger partial charge on any atom is -0.446 e. The molecule has 0 saturated heterocycles. The van der Waals surface area contributed by atoms with Crippen molar-refractivity contribution < 1.29 is 14.0 Å². The number of hydrazone groups is 1. The largest absolute Gasteiger partial charge is 0.446 e. The molecule has 1 aromatic rings. The lowest BCUT2D eigenvalue weighted by Gasteiger charge is -2.11. The molecule has 0 bridgehead atoms. The minimum absolute atomic E-state index is 0.165. The van der Waals surface area contributed by atoms with Gasteiger partial charge in [-0.1, -0.05) is 0 Å². The molecule has 2 N–H and O–H groups in total. The Balaban J connectivity index is 1.77. The Kier molecular flexibility index (Phi) is 3.71. The Morgan fingerprint density at radius 3 is 3.00 bits per heavy atom. The van der Waals surface area contributed by atoms with E-state index in [-0.39, 0.29) is 11.8 Å². The van der Waals surface area contributed by atoms with Gasteiger partial charge >= 0.3 is 0 Å². The number of oxazole rings is 1. The van der Waals surface area contributed by atoms with Crippen molar-refractivity contribution in [3.8, 4) is 0 Å². The van der Waals surface area contributed by atoms with Gasteiger partial charge in [0.2, 0.25) is 5.91 Å². The second-order valence-electron chi connectivity index (χ2n) is 3.96. The molecule has 1 aliphatic rings. The fourth-order valence-electron chi connectivity index (χ4n) is 1.54. The highest BCUT2D eigenvalue weighted by molar-refractivity contribution is 6.39. The van der Waals surface area contributed by atoms with Gasteiger partial charge in [0.1, 0.15) is 11.5 Å². The van der Waals surface area contributed by atoms with E-state index in [2.05, 4.69) is 20.8 Å². The molecule has 7 heteroatoms. The van der Waals surface area contributed by atoms with Crippen molar-refractivity contribution in [2.75, 3.05) is 6.54 Å². The highest BCUT2D eigenvalue weighted by Crippen LogP contribution is 2.02. The second-order valence-corrected chi connectivity index (χ2v) is 3.96. The molecule has 2 rings (SSSR count). The zero-order valence-corrected chi connectivity index (χ0v) is 10.0. The molecule has 1 aromatic heterocycles. The van der Waals surface area contributed by atoms with Crippen molar-refractivity contribution in [3.05, 3.63) is 17.8 Å². The second kappa shape index (κ2) is 5.44. The summed E-state index contributed by atoms with van der Waals surface area (Å²) in [5.74, 6) is 0.905. The van der Waals surface area contributed by atoms with Gasteiger partial charge in [0.15, 0.2) is 5.89 Å². The first kappa shape index (κ1) is 12.3. The van der Waals surface area contributed by atoms with Crippen LogP contribution in [0.15, 0.2) is 15.7 Å². The normalized spacial score (nSPS) is 14.9. The van der Waals surface area contributed by atoms with Gasteiger partial charge in [-0.25, -0.2) is 10.4 Å². The zero-order valence-electron chi connectivity index (χ0n) is 10.0. The van der Waals surface area contributed by atoms with Crippen molar-refractivity contribution in [3.63, 3.8) is 0 Å². The smallest absolute Gasteiger partial charge is 0.267 e. The van der Waals surface area contributed by atoms with Crippen molar-refractivity contribution in [2.24, 2.45) is 5.10 Å².